The Morgan fingerprint density at radius 3 is 2.68 bits per heavy atom. The van der Waals surface area contributed by atoms with E-state index in [2.05, 4.69) is 11.8 Å². The van der Waals surface area contributed by atoms with Crippen LogP contribution in [0.15, 0.2) is 21.6 Å². The number of piperazine rings is 1. The van der Waals surface area contributed by atoms with Crippen molar-refractivity contribution in [3.63, 3.8) is 0 Å². The molecular weight excluding hydrogens is 308 g/mol. The molecule has 0 saturated carbocycles. The summed E-state index contributed by atoms with van der Waals surface area (Å²) in [6.07, 6.45) is 1.05. The molecule has 1 aromatic heterocycles. The van der Waals surface area contributed by atoms with E-state index in [4.69, 9.17) is 9.15 Å². The Hall–Kier alpha value is -1.38. The number of amides is 1. The van der Waals surface area contributed by atoms with Gasteiger partial charge in [0, 0.05) is 45.6 Å². The summed E-state index contributed by atoms with van der Waals surface area (Å²) in [4.78, 5) is 16.4. The van der Waals surface area contributed by atoms with Crippen LogP contribution in [0.4, 0.5) is 0 Å². The number of rotatable bonds is 5. The van der Waals surface area contributed by atoms with Crippen molar-refractivity contribution in [3.8, 4) is 0 Å². The first-order valence-corrected chi connectivity index (χ1v) is 9.04. The Morgan fingerprint density at radius 1 is 1.41 bits per heavy atom. The molecule has 1 unspecified atom stereocenters. The molecule has 0 radical (unpaired) electrons. The van der Waals surface area contributed by atoms with Crippen LogP contribution in [0.3, 0.4) is 0 Å². The summed E-state index contributed by atoms with van der Waals surface area (Å²) in [5, 5.41) is -0.178. The summed E-state index contributed by atoms with van der Waals surface area (Å²) in [5.74, 6) is -0.203. The van der Waals surface area contributed by atoms with Crippen LogP contribution in [0.5, 0.6) is 0 Å². The number of nitrogens with zero attached hydrogens (tertiary/aromatic N) is 2. The molecule has 22 heavy (non-hydrogen) atoms. The molecule has 1 aliphatic heterocycles. The highest BCUT2D eigenvalue weighted by Gasteiger charge is 2.29. The highest BCUT2D eigenvalue weighted by atomic mass is 32.2. The number of hydrogen-bond donors (Lipinski definition) is 0. The maximum Gasteiger partial charge on any atom is 0.289 e. The van der Waals surface area contributed by atoms with Crippen LogP contribution < -0.4 is 0 Å². The van der Waals surface area contributed by atoms with Crippen molar-refractivity contribution in [2.24, 2.45) is 0 Å². The van der Waals surface area contributed by atoms with Gasteiger partial charge < -0.3 is 14.1 Å². The van der Waals surface area contributed by atoms with E-state index in [1.165, 1.54) is 12.1 Å². The molecule has 1 aliphatic rings. The van der Waals surface area contributed by atoms with Crippen LogP contribution in [-0.2, 0) is 14.6 Å². The third kappa shape index (κ3) is 3.88. The molecule has 0 N–H and O–H groups in total. The predicted molar refractivity (Wildman–Crippen MR) is 80.6 cm³/mol. The van der Waals surface area contributed by atoms with Gasteiger partial charge in [0.25, 0.3) is 5.91 Å². The van der Waals surface area contributed by atoms with E-state index in [9.17, 15) is 13.2 Å². The molecule has 1 saturated heterocycles. The first-order valence-electron chi connectivity index (χ1n) is 7.15. The highest BCUT2D eigenvalue weighted by molar-refractivity contribution is 7.90. The number of sulfone groups is 1. The van der Waals surface area contributed by atoms with Gasteiger partial charge in [-0.25, -0.2) is 8.42 Å². The van der Waals surface area contributed by atoms with Crippen LogP contribution in [-0.4, -0.2) is 76.3 Å². The molecule has 0 spiro atoms. The lowest BCUT2D eigenvalue weighted by Crippen LogP contribution is -2.54. The Morgan fingerprint density at radius 2 is 2.14 bits per heavy atom. The second-order valence-corrected chi connectivity index (χ2v) is 7.47. The van der Waals surface area contributed by atoms with E-state index in [0.29, 0.717) is 19.7 Å². The number of carbonyl (C=O) groups is 1. The molecule has 7 nitrogen and oxygen atoms in total. The van der Waals surface area contributed by atoms with Gasteiger partial charge in [0.2, 0.25) is 14.9 Å². The molecule has 0 bridgehead atoms. The maximum absolute atomic E-state index is 12.4. The van der Waals surface area contributed by atoms with E-state index in [1.54, 1.807) is 12.0 Å². The van der Waals surface area contributed by atoms with Gasteiger partial charge >= 0.3 is 0 Å². The standard InChI is InChI=1S/C14H22N2O5S/c1-11-10-16(7-6-15(11)8-9-20-2)14(17)12-4-5-13(21-12)22(3,18)19/h4-5,11H,6-10H2,1-3H3. The van der Waals surface area contributed by atoms with E-state index < -0.39 is 9.84 Å². The van der Waals surface area contributed by atoms with Crippen LogP contribution in [0.25, 0.3) is 0 Å². The fraction of sp³-hybridized carbons (Fsp3) is 0.643. The molecule has 2 rings (SSSR count). The molecule has 1 amide bonds. The Labute approximate surface area is 130 Å². The summed E-state index contributed by atoms with van der Waals surface area (Å²) in [6.45, 7) is 5.47. The first kappa shape index (κ1) is 17.0. The number of ether oxygens (including phenoxy) is 1. The lowest BCUT2D eigenvalue weighted by molar-refractivity contribution is 0.0408. The van der Waals surface area contributed by atoms with Gasteiger partial charge in [0.15, 0.2) is 5.76 Å². The van der Waals surface area contributed by atoms with Gasteiger partial charge in [0.05, 0.1) is 6.61 Å². The summed E-state index contributed by atoms with van der Waals surface area (Å²) in [5.41, 5.74) is 0. The second kappa shape index (κ2) is 6.80. The average molecular weight is 330 g/mol. The average Bonchev–Trinajstić information content (AvgIpc) is 2.95. The minimum absolute atomic E-state index is 0.0676. The number of methoxy groups -OCH3 is 1. The Kier molecular flexibility index (Phi) is 5.25. The van der Waals surface area contributed by atoms with Gasteiger partial charge in [-0.3, -0.25) is 9.69 Å². The quantitative estimate of drug-likeness (QED) is 0.781. The smallest absolute Gasteiger partial charge is 0.289 e. The molecule has 1 fully saturated rings. The lowest BCUT2D eigenvalue weighted by Gasteiger charge is -2.39. The third-order valence-corrected chi connectivity index (χ3v) is 4.74. The van der Waals surface area contributed by atoms with Crippen molar-refractivity contribution in [2.45, 2.75) is 18.1 Å². The summed E-state index contributed by atoms with van der Waals surface area (Å²) in [6, 6.07) is 2.96. The van der Waals surface area contributed by atoms with Crippen LogP contribution in [0.2, 0.25) is 0 Å². The lowest BCUT2D eigenvalue weighted by atomic mass is 10.2. The van der Waals surface area contributed by atoms with Crippen LogP contribution in [0, 0.1) is 0 Å². The first-order chi connectivity index (χ1) is 10.3. The van der Waals surface area contributed by atoms with E-state index in [0.717, 1.165) is 19.3 Å². The molecule has 0 aliphatic carbocycles. The SMILES string of the molecule is COCCN1CCN(C(=O)c2ccc(S(C)(=O)=O)o2)CC1C. The minimum Gasteiger partial charge on any atom is -0.440 e. The van der Waals surface area contributed by atoms with Crippen molar-refractivity contribution in [2.75, 3.05) is 46.2 Å². The van der Waals surface area contributed by atoms with Crippen molar-refractivity contribution >= 4 is 15.7 Å². The van der Waals surface area contributed by atoms with Gasteiger partial charge in [-0.15, -0.1) is 0 Å². The Bertz CT molecular complexity index is 625. The van der Waals surface area contributed by atoms with E-state index >= 15 is 0 Å². The zero-order valence-corrected chi connectivity index (χ0v) is 13.9. The third-order valence-electron chi connectivity index (χ3n) is 3.79. The molecule has 1 aromatic rings. The van der Waals surface area contributed by atoms with Crippen LogP contribution >= 0.6 is 0 Å². The van der Waals surface area contributed by atoms with E-state index in [-0.39, 0.29) is 22.8 Å². The fourth-order valence-electron chi connectivity index (χ4n) is 2.51. The van der Waals surface area contributed by atoms with Crippen molar-refractivity contribution < 1.29 is 22.4 Å². The van der Waals surface area contributed by atoms with Gasteiger partial charge in [-0.05, 0) is 19.1 Å². The van der Waals surface area contributed by atoms with Crippen molar-refractivity contribution in [1.29, 1.82) is 0 Å². The molecule has 2 heterocycles. The fourth-order valence-corrected chi connectivity index (χ4v) is 3.07. The molecule has 1 atom stereocenters. The Balaban J connectivity index is 2.01. The predicted octanol–water partition coefficient (Wildman–Crippen LogP) is 0.476. The number of carbonyl (C=O) groups excluding carboxylic acids is 1. The van der Waals surface area contributed by atoms with Gasteiger partial charge in [0.1, 0.15) is 0 Å². The second-order valence-electron chi connectivity index (χ2n) is 5.52. The van der Waals surface area contributed by atoms with Gasteiger partial charge in [-0.1, -0.05) is 0 Å². The molecule has 8 heteroatoms. The normalized spacial score (nSPS) is 20.3. The van der Waals surface area contributed by atoms with E-state index in [1.807, 2.05) is 0 Å². The highest BCUT2D eigenvalue weighted by Crippen LogP contribution is 2.17. The summed E-state index contributed by atoms with van der Waals surface area (Å²) in [7, 11) is -1.77. The summed E-state index contributed by atoms with van der Waals surface area (Å²) < 4.78 is 33.1. The largest absolute Gasteiger partial charge is 0.440 e. The minimum atomic E-state index is -3.44. The number of furan rings is 1. The maximum atomic E-state index is 12.4. The molecule has 124 valence electrons. The topological polar surface area (TPSA) is 80.1 Å². The zero-order chi connectivity index (χ0) is 16.3. The molecular formula is C14H22N2O5S. The van der Waals surface area contributed by atoms with Crippen molar-refractivity contribution in [3.05, 3.63) is 17.9 Å². The monoisotopic (exact) mass is 330 g/mol. The zero-order valence-electron chi connectivity index (χ0n) is 13.1. The van der Waals surface area contributed by atoms with Crippen LogP contribution in [0.1, 0.15) is 17.5 Å². The van der Waals surface area contributed by atoms with Gasteiger partial charge in [-0.2, -0.15) is 0 Å². The molecule has 0 aromatic carbocycles. The van der Waals surface area contributed by atoms with Crippen molar-refractivity contribution in [1.82, 2.24) is 9.80 Å². The number of hydrogen-bond acceptors (Lipinski definition) is 6. The summed E-state index contributed by atoms with van der Waals surface area (Å²) >= 11 is 0.